The molecule has 1 heterocycles. The number of nitrogens with zero attached hydrogens (tertiary/aromatic N) is 1. The van der Waals surface area contributed by atoms with E-state index in [1.807, 2.05) is 0 Å². The number of nitrogens with one attached hydrogen (secondary N) is 1. The molecule has 0 saturated carbocycles. The summed E-state index contributed by atoms with van der Waals surface area (Å²) in [4.78, 5) is 25.3. The Bertz CT molecular complexity index is 484. The number of amides is 2. The molecule has 5 heteroatoms. The topological polar surface area (TPSA) is 75.4 Å². The fourth-order valence-electron chi connectivity index (χ4n) is 2.45. The van der Waals surface area contributed by atoms with Crippen molar-refractivity contribution in [2.75, 3.05) is 18.0 Å². The first-order valence-electron chi connectivity index (χ1n) is 7.08. The maximum absolute atomic E-state index is 12.4. The highest BCUT2D eigenvalue weighted by molar-refractivity contribution is 5.99. The van der Waals surface area contributed by atoms with E-state index in [0.717, 1.165) is 38.0 Å². The number of primary amides is 1. The second kappa shape index (κ2) is 6.52. The molecule has 1 unspecified atom stereocenters. The summed E-state index contributed by atoms with van der Waals surface area (Å²) in [5.74, 6) is -0.347. The van der Waals surface area contributed by atoms with E-state index in [9.17, 15) is 9.59 Å². The molecule has 1 atom stereocenters. The van der Waals surface area contributed by atoms with Crippen LogP contribution in [-0.2, 0) is 4.79 Å². The van der Waals surface area contributed by atoms with E-state index in [4.69, 9.17) is 5.73 Å². The Morgan fingerprint density at radius 2 is 2.10 bits per heavy atom. The van der Waals surface area contributed by atoms with Gasteiger partial charge in [0, 0.05) is 17.8 Å². The molecule has 20 heavy (non-hydrogen) atoms. The van der Waals surface area contributed by atoms with Crippen molar-refractivity contribution in [3.8, 4) is 0 Å². The van der Waals surface area contributed by atoms with Crippen molar-refractivity contribution < 1.29 is 9.59 Å². The summed E-state index contributed by atoms with van der Waals surface area (Å²) in [7, 11) is 0. The van der Waals surface area contributed by atoms with Gasteiger partial charge >= 0.3 is 0 Å². The molecule has 1 fully saturated rings. The highest BCUT2D eigenvalue weighted by Crippen LogP contribution is 2.21. The van der Waals surface area contributed by atoms with Crippen LogP contribution < -0.4 is 16.0 Å². The van der Waals surface area contributed by atoms with E-state index in [1.54, 1.807) is 29.2 Å². The minimum atomic E-state index is -0.455. The third-order valence-electron chi connectivity index (χ3n) is 3.54. The summed E-state index contributed by atoms with van der Waals surface area (Å²) < 4.78 is 0. The minimum absolute atomic E-state index is 0.0977. The number of hydrogen-bond donors (Lipinski definition) is 2. The van der Waals surface area contributed by atoms with Crippen LogP contribution in [0.3, 0.4) is 0 Å². The van der Waals surface area contributed by atoms with Gasteiger partial charge in [-0.2, -0.15) is 0 Å². The highest BCUT2D eigenvalue weighted by atomic mass is 16.2. The summed E-state index contributed by atoms with van der Waals surface area (Å²) in [6, 6.07) is 6.78. The van der Waals surface area contributed by atoms with Crippen molar-refractivity contribution in [1.82, 2.24) is 5.32 Å². The number of benzene rings is 1. The lowest BCUT2D eigenvalue weighted by Crippen LogP contribution is -2.51. The summed E-state index contributed by atoms with van der Waals surface area (Å²) in [6.45, 7) is 3.66. The molecule has 2 amide bonds. The van der Waals surface area contributed by atoms with Gasteiger partial charge in [-0.3, -0.25) is 9.59 Å². The second-order valence-electron chi connectivity index (χ2n) is 5.05. The van der Waals surface area contributed by atoms with Gasteiger partial charge in [-0.25, -0.2) is 0 Å². The van der Waals surface area contributed by atoms with Gasteiger partial charge < -0.3 is 16.0 Å². The van der Waals surface area contributed by atoms with Gasteiger partial charge in [0.25, 0.3) is 0 Å². The minimum Gasteiger partial charge on any atom is -0.366 e. The normalized spacial score (nSPS) is 19.1. The second-order valence-corrected chi connectivity index (χ2v) is 5.05. The molecule has 5 nitrogen and oxygen atoms in total. The first kappa shape index (κ1) is 14.5. The van der Waals surface area contributed by atoms with Crippen LogP contribution in [0.15, 0.2) is 24.3 Å². The van der Waals surface area contributed by atoms with Gasteiger partial charge in [0.2, 0.25) is 11.8 Å². The number of carbonyl (C=O) groups excluding carboxylic acids is 2. The van der Waals surface area contributed by atoms with Crippen LogP contribution in [0.2, 0.25) is 0 Å². The van der Waals surface area contributed by atoms with E-state index < -0.39 is 5.91 Å². The van der Waals surface area contributed by atoms with Gasteiger partial charge in [0.05, 0.1) is 6.04 Å². The molecule has 0 bridgehead atoms. The quantitative estimate of drug-likeness (QED) is 0.850. The summed E-state index contributed by atoms with van der Waals surface area (Å²) in [6.07, 6.45) is 2.87. The summed E-state index contributed by atoms with van der Waals surface area (Å²) in [5, 5.41) is 3.29. The van der Waals surface area contributed by atoms with Gasteiger partial charge in [0.15, 0.2) is 0 Å². The van der Waals surface area contributed by atoms with Gasteiger partial charge in [0.1, 0.15) is 0 Å². The third-order valence-corrected chi connectivity index (χ3v) is 3.54. The fourth-order valence-corrected chi connectivity index (χ4v) is 2.45. The Kier molecular flexibility index (Phi) is 4.74. The average molecular weight is 275 g/mol. The van der Waals surface area contributed by atoms with E-state index in [-0.39, 0.29) is 11.9 Å². The smallest absolute Gasteiger partial charge is 0.248 e. The standard InChI is InChI=1S/C15H21N3O2/c1-2-9-17-13-4-3-10-18(15(13)20)12-7-5-11(6-8-12)14(16)19/h5-8,13,17H,2-4,9-10H2,1H3,(H2,16,19). The molecule has 0 spiro atoms. The Labute approximate surface area is 119 Å². The molecule has 1 saturated heterocycles. The zero-order valence-electron chi connectivity index (χ0n) is 11.8. The van der Waals surface area contributed by atoms with Crippen LogP contribution in [0.25, 0.3) is 0 Å². The maximum atomic E-state index is 12.4. The fraction of sp³-hybridized carbons (Fsp3) is 0.467. The first-order chi connectivity index (χ1) is 9.63. The molecule has 0 radical (unpaired) electrons. The molecule has 3 N–H and O–H groups in total. The molecule has 1 aromatic carbocycles. The lowest BCUT2D eigenvalue weighted by molar-refractivity contribution is -0.121. The van der Waals surface area contributed by atoms with Gasteiger partial charge in [-0.1, -0.05) is 6.92 Å². The van der Waals surface area contributed by atoms with Crippen molar-refractivity contribution in [3.05, 3.63) is 29.8 Å². The molecule has 1 aromatic rings. The largest absolute Gasteiger partial charge is 0.366 e. The molecule has 1 aliphatic heterocycles. The Morgan fingerprint density at radius 3 is 2.70 bits per heavy atom. The number of rotatable bonds is 5. The monoisotopic (exact) mass is 275 g/mol. The maximum Gasteiger partial charge on any atom is 0.248 e. The molecular weight excluding hydrogens is 254 g/mol. The third kappa shape index (κ3) is 3.17. The lowest BCUT2D eigenvalue weighted by Gasteiger charge is -2.32. The van der Waals surface area contributed by atoms with Gasteiger partial charge in [-0.15, -0.1) is 0 Å². The predicted octanol–water partition coefficient (Wildman–Crippen LogP) is 1.28. The van der Waals surface area contributed by atoms with E-state index >= 15 is 0 Å². The average Bonchev–Trinajstić information content (AvgIpc) is 2.46. The van der Waals surface area contributed by atoms with Crippen molar-refractivity contribution >= 4 is 17.5 Å². The van der Waals surface area contributed by atoms with E-state index in [0.29, 0.717) is 5.56 Å². The van der Waals surface area contributed by atoms with Crippen LogP contribution >= 0.6 is 0 Å². The van der Waals surface area contributed by atoms with Crippen molar-refractivity contribution in [1.29, 1.82) is 0 Å². The highest BCUT2D eigenvalue weighted by Gasteiger charge is 2.28. The molecule has 1 aliphatic rings. The first-order valence-corrected chi connectivity index (χ1v) is 7.08. The molecule has 0 aromatic heterocycles. The zero-order valence-corrected chi connectivity index (χ0v) is 11.8. The summed E-state index contributed by atoms with van der Waals surface area (Å²) >= 11 is 0. The Balaban J connectivity index is 2.10. The van der Waals surface area contributed by atoms with Crippen LogP contribution in [0.1, 0.15) is 36.5 Å². The predicted molar refractivity (Wildman–Crippen MR) is 78.6 cm³/mol. The summed E-state index contributed by atoms with van der Waals surface area (Å²) in [5.41, 5.74) is 6.50. The Morgan fingerprint density at radius 1 is 1.40 bits per heavy atom. The van der Waals surface area contributed by atoms with Crippen LogP contribution in [0, 0.1) is 0 Å². The molecular formula is C15H21N3O2. The van der Waals surface area contributed by atoms with Crippen LogP contribution in [-0.4, -0.2) is 30.9 Å². The number of nitrogens with two attached hydrogens (primary N) is 1. The van der Waals surface area contributed by atoms with E-state index in [2.05, 4.69) is 12.2 Å². The lowest BCUT2D eigenvalue weighted by atomic mass is 10.0. The Hall–Kier alpha value is -1.88. The zero-order chi connectivity index (χ0) is 14.5. The number of hydrogen-bond acceptors (Lipinski definition) is 3. The van der Waals surface area contributed by atoms with Crippen LogP contribution in [0.4, 0.5) is 5.69 Å². The number of carbonyl (C=O) groups is 2. The van der Waals surface area contributed by atoms with Crippen LogP contribution in [0.5, 0.6) is 0 Å². The molecule has 108 valence electrons. The van der Waals surface area contributed by atoms with Crippen molar-refractivity contribution in [2.24, 2.45) is 5.73 Å². The molecule has 0 aliphatic carbocycles. The SMILES string of the molecule is CCCNC1CCCN(c2ccc(C(N)=O)cc2)C1=O. The number of piperidine rings is 1. The number of anilines is 1. The van der Waals surface area contributed by atoms with Crippen molar-refractivity contribution in [3.63, 3.8) is 0 Å². The van der Waals surface area contributed by atoms with Gasteiger partial charge in [-0.05, 0) is 50.1 Å². The van der Waals surface area contributed by atoms with E-state index in [1.165, 1.54) is 0 Å². The molecule has 2 rings (SSSR count). The van der Waals surface area contributed by atoms with Crippen molar-refractivity contribution in [2.45, 2.75) is 32.2 Å².